The van der Waals surface area contributed by atoms with E-state index in [0.29, 0.717) is 24.0 Å². The lowest BCUT2D eigenvalue weighted by Gasteiger charge is -2.35. The normalized spacial score (nSPS) is 21.1. The molecule has 1 aromatic carbocycles. The van der Waals surface area contributed by atoms with Crippen molar-refractivity contribution in [2.24, 2.45) is 0 Å². The van der Waals surface area contributed by atoms with Crippen molar-refractivity contribution in [1.82, 2.24) is 4.90 Å². The Bertz CT molecular complexity index is 393. The van der Waals surface area contributed by atoms with Crippen LogP contribution in [0.15, 0.2) is 18.2 Å². The molecule has 1 heterocycles. The molecule has 1 saturated heterocycles. The SMILES string of the molecule is Nc1ccc(O)c(CN2CCCCC2CCO)c1. The third-order valence-electron chi connectivity index (χ3n) is 3.69. The molecular weight excluding hydrogens is 228 g/mol. The predicted octanol–water partition coefficient (Wildman–Crippen LogP) is 1.71. The Balaban J connectivity index is 2.08. The zero-order chi connectivity index (χ0) is 13.0. The van der Waals surface area contributed by atoms with Gasteiger partial charge in [0.1, 0.15) is 5.75 Å². The van der Waals surface area contributed by atoms with Gasteiger partial charge in [-0.25, -0.2) is 0 Å². The molecule has 1 aliphatic heterocycles. The second kappa shape index (κ2) is 6.07. The summed E-state index contributed by atoms with van der Waals surface area (Å²) in [6.45, 7) is 1.96. The third-order valence-corrected chi connectivity index (χ3v) is 3.69. The highest BCUT2D eigenvalue weighted by Crippen LogP contribution is 2.26. The quantitative estimate of drug-likeness (QED) is 0.562. The number of benzene rings is 1. The summed E-state index contributed by atoms with van der Waals surface area (Å²) in [7, 11) is 0. The highest BCUT2D eigenvalue weighted by atomic mass is 16.3. The molecule has 1 unspecified atom stereocenters. The minimum absolute atomic E-state index is 0.226. The molecule has 1 aliphatic rings. The van der Waals surface area contributed by atoms with Gasteiger partial charge >= 0.3 is 0 Å². The van der Waals surface area contributed by atoms with Gasteiger partial charge < -0.3 is 15.9 Å². The zero-order valence-electron chi connectivity index (χ0n) is 10.7. The second-order valence-electron chi connectivity index (χ2n) is 5.02. The fourth-order valence-electron chi connectivity index (χ4n) is 2.69. The summed E-state index contributed by atoms with van der Waals surface area (Å²) in [6, 6.07) is 5.61. The standard InChI is InChI=1S/C14H22N2O2/c15-12-4-5-14(18)11(9-12)10-16-7-2-1-3-13(16)6-8-17/h4-5,9,13,17-18H,1-3,6-8,10,15H2. The summed E-state index contributed by atoms with van der Waals surface area (Å²) in [5.41, 5.74) is 7.31. The summed E-state index contributed by atoms with van der Waals surface area (Å²) in [4.78, 5) is 2.34. The van der Waals surface area contributed by atoms with Gasteiger partial charge in [-0.15, -0.1) is 0 Å². The van der Waals surface area contributed by atoms with Gasteiger partial charge in [-0.2, -0.15) is 0 Å². The van der Waals surface area contributed by atoms with E-state index in [-0.39, 0.29) is 6.61 Å². The van der Waals surface area contributed by atoms with Crippen LogP contribution in [0.5, 0.6) is 5.75 Å². The van der Waals surface area contributed by atoms with Crippen LogP contribution in [-0.2, 0) is 6.54 Å². The Morgan fingerprint density at radius 2 is 2.17 bits per heavy atom. The Morgan fingerprint density at radius 1 is 1.33 bits per heavy atom. The number of nitrogens with two attached hydrogens (primary N) is 1. The molecule has 0 amide bonds. The van der Waals surface area contributed by atoms with Gasteiger partial charge in [0.15, 0.2) is 0 Å². The van der Waals surface area contributed by atoms with Crippen LogP contribution >= 0.6 is 0 Å². The maximum Gasteiger partial charge on any atom is 0.120 e. The fraction of sp³-hybridized carbons (Fsp3) is 0.571. The smallest absolute Gasteiger partial charge is 0.120 e. The number of hydrogen-bond acceptors (Lipinski definition) is 4. The van der Waals surface area contributed by atoms with Crippen molar-refractivity contribution in [3.63, 3.8) is 0 Å². The van der Waals surface area contributed by atoms with Crippen molar-refractivity contribution in [3.8, 4) is 5.75 Å². The van der Waals surface area contributed by atoms with E-state index >= 15 is 0 Å². The molecule has 0 bridgehead atoms. The molecule has 0 spiro atoms. The van der Waals surface area contributed by atoms with Crippen LogP contribution < -0.4 is 5.73 Å². The van der Waals surface area contributed by atoms with Crippen molar-refractivity contribution in [3.05, 3.63) is 23.8 Å². The van der Waals surface area contributed by atoms with Crippen LogP contribution in [-0.4, -0.2) is 34.3 Å². The number of likely N-dealkylation sites (tertiary alicyclic amines) is 1. The van der Waals surface area contributed by atoms with Gasteiger partial charge in [0.05, 0.1) is 0 Å². The van der Waals surface area contributed by atoms with E-state index in [0.717, 1.165) is 24.9 Å². The molecule has 2 rings (SSSR count). The summed E-state index contributed by atoms with van der Waals surface area (Å²) >= 11 is 0. The Morgan fingerprint density at radius 3 is 2.94 bits per heavy atom. The highest BCUT2D eigenvalue weighted by Gasteiger charge is 2.22. The summed E-state index contributed by atoms with van der Waals surface area (Å²) in [5.74, 6) is 0.303. The van der Waals surface area contributed by atoms with Crippen LogP contribution in [0.25, 0.3) is 0 Å². The van der Waals surface area contributed by atoms with E-state index in [1.54, 1.807) is 12.1 Å². The molecule has 0 radical (unpaired) electrons. The first-order valence-corrected chi connectivity index (χ1v) is 6.63. The van der Waals surface area contributed by atoms with E-state index in [9.17, 15) is 5.11 Å². The monoisotopic (exact) mass is 250 g/mol. The van der Waals surface area contributed by atoms with Gasteiger partial charge in [-0.3, -0.25) is 4.90 Å². The number of nitrogens with zero attached hydrogens (tertiary/aromatic N) is 1. The number of aromatic hydroxyl groups is 1. The number of phenols is 1. The van der Waals surface area contributed by atoms with Crippen LogP contribution in [0.3, 0.4) is 0 Å². The largest absolute Gasteiger partial charge is 0.508 e. The number of anilines is 1. The highest BCUT2D eigenvalue weighted by molar-refractivity contribution is 5.47. The maximum absolute atomic E-state index is 9.85. The number of aliphatic hydroxyl groups is 1. The minimum atomic E-state index is 0.226. The average Bonchev–Trinajstić information content (AvgIpc) is 2.36. The molecular formula is C14H22N2O2. The molecule has 0 saturated carbocycles. The van der Waals surface area contributed by atoms with E-state index in [1.165, 1.54) is 12.8 Å². The Hall–Kier alpha value is -1.26. The number of phenolic OH excluding ortho intramolecular Hbond substituents is 1. The molecule has 18 heavy (non-hydrogen) atoms. The van der Waals surface area contributed by atoms with Gasteiger partial charge in [0.25, 0.3) is 0 Å². The lowest BCUT2D eigenvalue weighted by molar-refractivity contribution is 0.111. The lowest BCUT2D eigenvalue weighted by Crippen LogP contribution is -2.39. The van der Waals surface area contributed by atoms with E-state index in [1.807, 2.05) is 6.07 Å². The second-order valence-corrected chi connectivity index (χ2v) is 5.02. The zero-order valence-corrected chi connectivity index (χ0v) is 10.7. The summed E-state index contributed by atoms with van der Waals surface area (Å²) in [6.07, 6.45) is 4.35. The summed E-state index contributed by atoms with van der Waals surface area (Å²) < 4.78 is 0. The number of hydrogen-bond donors (Lipinski definition) is 3. The minimum Gasteiger partial charge on any atom is -0.508 e. The van der Waals surface area contributed by atoms with Crippen molar-refractivity contribution in [1.29, 1.82) is 0 Å². The number of aliphatic hydroxyl groups excluding tert-OH is 1. The first kappa shape index (κ1) is 13.2. The first-order chi connectivity index (χ1) is 8.70. The fourth-order valence-corrected chi connectivity index (χ4v) is 2.69. The topological polar surface area (TPSA) is 69.7 Å². The number of nitrogen functional groups attached to an aromatic ring is 1. The van der Waals surface area contributed by atoms with Crippen molar-refractivity contribution in [2.75, 3.05) is 18.9 Å². The van der Waals surface area contributed by atoms with E-state index < -0.39 is 0 Å². The third kappa shape index (κ3) is 3.15. The molecule has 1 atom stereocenters. The first-order valence-electron chi connectivity index (χ1n) is 6.63. The molecule has 100 valence electrons. The Labute approximate surface area is 108 Å². The van der Waals surface area contributed by atoms with E-state index in [2.05, 4.69) is 4.90 Å². The molecule has 0 aliphatic carbocycles. The van der Waals surface area contributed by atoms with Gasteiger partial charge in [-0.05, 0) is 44.0 Å². The van der Waals surface area contributed by atoms with E-state index in [4.69, 9.17) is 10.8 Å². The van der Waals surface area contributed by atoms with Crippen LogP contribution in [0.2, 0.25) is 0 Å². The maximum atomic E-state index is 9.85. The van der Waals surface area contributed by atoms with Crippen molar-refractivity contribution >= 4 is 5.69 Å². The van der Waals surface area contributed by atoms with Gasteiger partial charge in [0, 0.05) is 30.4 Å². The van der Waals surface area contributed by atoms with Crippen molar-refractivity contribution < 1.29 is 10.2 Å². The number of piperidine rings is 1. The summed E-state index contributed by atoms with van der Waals surface area (Å²) in [5, 5.41) is 19.0. The molecule has 1 aromatic rings. The van der Waals surface area contributed by atoms with Crippen LogP contribution in [0.4, 0.5) is 5.69 Å². The molecule has 0 aromatic heterocycles. The van der Waals surface area contributed by atoms with Gasteiger partial charge in [0.2, 0.25) is 0 Å². The number of rotatable bonds is 4. The lowest BCUT2D eigenvalue weighted by atomic mass is 9.98. The van der Waals surface area contributed by atoms with Crippen LogP contribution in [0.1, 0.15) is 31.2 Å². The van der Waals surface area contributed by atoms with Crippen molar-refractivity contribution in [2.45, 2.75) is 38.3 Å². The molecule has 4 heteroatoms. The molecule has 4 N–H and O–H groups in total. The predicted molar refractivity (Wildman–Crippen MR) is 72.3 cm³/mol. The average molecular weight is 250 g/mol. The van der Waals surface area contributed by atoms with Crippen LogP contribution in [0, 0.1) is 0 Å². The molecule has 1 fully saturated rings. The molecule has 4 nitrogen and oxygen atoms in total. The van der Waals surface area contributed by atoms with Gasteiger partial charge in [-0.1, -0.05) is 6.42 Å². The Kier molecular flexibility index (Phi) is 4.44.